The Hall–Kier alpha value is -2.63. The van der Waals surface area contributed by atoms with Crippen LogP contribution in [0.25, 0.3) is 0 Å². The van der Waals surface area contributed by atoms with Gasteiger partial charge in [-0.05, 0) is 18.2 Å². The van der Waals surface area contributed by atoms with Crippen molar-refractivity contribution < 1.29 is 14.6 Å². The van der Waals surface area contributed by atoms with E-state index in [1.54, 1.807) is 18.2 Å². The molecule has 2 rings (SSSR count). The molecule has 0 bridgehead atoms. The van der Waals surface area contributed by atoms with E-state index in [1.807, 2.05) is 0 Å². The quantitative estimate of drug-likeness (QED) is 0.856. The molecule has 92 valence electrons. The van der Waals surface area contributed by atoms with Crippen LogP contribution in [0.5, 0.6) is 5.88 Å². The second-order valence-electron chi connectivity index (χ2n) is 3.43. The summed E-state index contributed by atoms with van der Waals surface area (Å²) in [5.74, 6) is 0.411. The number of carboxylic acids is 1. The molecule has 2 heterocycles. The van der Waals surface area contributed by atoms with Gasteiger partial charge in [-0.15, -0.1) is 0 Å². The number of pyridine rings is 2. The molecular weight excluding hydrogens is 234 g/mol. The molecule has 6 nitrogen and oxygen atoms in total. The van der Waals surface area contributed by atoms with E-state index in [1.165, 1.54) is 25.4 Å². The van der Waals surface area contributed by atoms with Crippen molar-refractivity contribution in [3.63, 3.8) is 0 Å². The molecule has 2 aromatic heterocycles. The molecule has 0 spiro atoms. The number of aromatic nitrogens is 2. The van der Waals surface area contributed by atoms with Gasteiger partial charge in [-0.2, -0.15) is 4.98 Å². The van der Waals surface area contributed by atoms with Crippen LogP contribution in [0.1, 0.15) is 10.4 Å². The number of carbonyl (C=O) groups is 1. The fourth-order valence-corrected chi connectivity index (χ4v) is 1.36. The SMILES string of the molecule is COc1cccc(Nc2cc(C(=O)O)ccn2)n1. The standard InChI is InChI=1S/C12H11N3O3/c1-18-11-4-2-3-9(15-11)14-10-7-8(12(16)17)5-6-13-10/h2-7H,1H3,(H,16,17)(H,13,14,15). The molecule has 0 radical (unpaired) electrons. The lowest BCUT2D eigenvalue weighted by Crippen LogP contribution is -2.01. The molecule has 18 heavy (non-hydrogen) atoms. The largest absolute Gasteiger partial charge is 0.481 e. The number of aromatic carboxylic acids is 1. The minimum Gasteiger partial charge on any atom is -0.481 e. The van der Waals surface area contributed by atoms with E-state index >= 15 is 0 Å². The molecule has 2 aromatic rings. The normalized spacial score (nSPS) is 9.83. The lowest BCUT2D eigenvalue weighted by atomic mass is 10.2. The van der Waals surface area contributed by atoms with Crippen LogP contribution in [-0.2, 0) is 0 Å². The van der Waals surface area contributed by atoms with Crippen molar-refractivity contribution in [2.75, 3.05) is 12.4 Å². The third-order valence-corrected chi connectivity index (χ3v) is 2.20. The van der Waals surface area contributed by atoms with Crippen LogP contribution in [0.15, 0.2) is 36.5 Å². The fraction of sp³-hybridized carbons (Fsp3) is 0.0833. The van der Waals surface area contributed by atoms with Gasteiger partial charge in [0.15, 0.2) is 0 Å². The summed E-state index contributed by atoms with van der Waals surface area (Å²) in [5, 5.41) is 11.8. The Labute approximate surface area is 103 Å². The molecule has 0 aliphatic carbocycles. The maximum atomic E-state index is 10.8. The third-order valence-electron chi connectivity index (χ3n) is 2.20. The molecule has 0 saturated heterocycles. The third kappa shape index (κ3) is 2.73. The number of nitrogens with zero attached hydrogens (tertiary/aromatic N) is 2. The maximum absolute atomic E-state index is 10.8. The summed E-state index contributed by atoms with van der Waals surface area (Å²) in [7, 11) is 1.52. The van der Waals surface area contributed by atoms with Gasteiger partial charge in [-0.1, -0.05) is 6.07 Å². The molecule has 6 heteroatoms. The van der Waals surface area contributed by atoms with Crippen molar-refractivity contribution in [1.29, 1.82) is 0 Å². The Morgan fingerprint density at radius 1 is 1.33 bits per heavy atom. The zero-order valence-corrected chi connectivity index (χ0v) is 9.62. The summed E-state index contributed by atoms with van der Waals surface area (Å²) in [6.07, 6.45) is 1.42. The highest BCUT2D eigenvalue weighted by molar-refractivity contribution is 5.88. The summed E-state index contributed by atoms with van der Waals surface area (Å²) in [5.41, 5.74) is 0.162. The summed E-state index contributed by atoms with van der Waals surface area (Å²) in [4.78, 5) is 19.0. The van der Waals surface area contributed by atoms with E-state index in [-0.39, 0.29) is 5.56 Å². The number of carboxylic acid groups (broad SMARTS) is 1. The summed E-state index contributed by atoms with van der Waals surface area (Å²) in [6, 6.07) is 8.08. The van der Waals surface area contributed by atoms with Crippen LogP contribution in [0.2, 0.25) is 0 Å². The monoisotopic (exact) mass is 245 g/mol. The number of ether oxygens (including phenoxy) is 1. The Balaban J connectivity index is 2.22. The van der Waals surface area contributed by atoms with Crippen molar-refractivity contribution in [2.24, 2.45) is 0 Å². The number of nitrogens with one attached hydrogen (secondary N) is 1. The molecule has 0 aliphatic rings. The van der Waals surface area contributed by atoms with E-state index in [9.17, 15) is 4.79 Å². The van der Waals surface area contributed by atoms with Gasteiger partial charge in [-0.25, -0.2) is 9.78 Å². The molecule has 0 aromatic carbocycles. The van der Waals surface area contributed by atoms with Crippen molar-refractivity contribution in [1.82, 2.24) is 9.97 Å². The minimum atomic E-state index is -1.00. The average Bonchev–Trinajstić information content (AvgIpc) is 2.39. The lowest BCUT2D eigenvalue weighted by molar-refractivity contribution is 0.0697. The average molecular weight is 245 g/mol. The minimum absolute atomic E-state index is 0.162. The van der Waals surface area contributed by atoms with Gasteiger partial charge in [0.25, 0.3) is 0 Å². The van der Waals surface area contributed by atoms with Gasteiger partial charge in [0.05, 0.1) is 12.7 Å². The number of hydrogen-bond donors (Lipinski definition) is 2. The molecule has 0 amide bonds. The number of methoxy groups -OCH3 is 1. The van der Waals surface area contributed by atoms with Crippen LogP contribution in [0, 0.1) is 0 Å². The molecule has 0 atom stereocenters. The highest BCUT2D eigenvalue weighted by atomic mass is 16.5. The van der Waals surface area contributed by atoms with Gasteiger partial charge in [0.2, 0.25) is 5.88 Å². The van der Waals surface area contributed by atoms with E-state index < -0.39 is 5.97 Å². The zero-order valence-electron chi connectivity index (χ0n) is 9.62. The van der Waals surface area contributed by atoms with Crippen molar-refractivity contribution in [3.05, 3.63) is 42.1 Å². The maximum Gasteiger partial charge on any atom is 0.335 e. The van der Waals surface area contributed by atoms with E-state index in [0.717, 1.165) is 0 Å². The van der Waals surface area contributed by atoms with Crippen LogP contribution < -0.4 is 10.1 Å². The van der Waals surface area contributed by atoms with Gasteiger partial charge in [0.1, 0.15) is 11.6 Å². The highest BCUT2D eigenvalue weighted by Gasteiger charge is 2.05. The number of anilines is 2. The number of rotatable bonds is 4. The Kier molecular flexibility index (Phi) is 3.38. The van der Waals surface area contributed by atoms with Crippen LogP contribution in [-0.4, -0.2) is 28.2 Å². The van der Waals surface area contributed by atoms with Gasteiger partial charge >= 0.3 is 5.97 Å². The lowest BCUT2D eigenvalue weighted by Gasteiger charge is -2.06. The van der Waals surface area contributed by atoms with Crippen molar-refractivity contribution in [2.45, 2.75) is 0 Å². The first-order valence-electron chi connectivity index (χ1n) is 5.16. The molecular formula is C12H11N3O3. The topological polar surface area (TPSA) is 84.3 Å². The van der Waals surface area contributed by atoms with Crippen molar-refractivity contribution in [3.8, 4) is 5.88 Å². The first kappa shape index (κ1) is 11.8. The Bertz CT molecular complexity index is 572. The van der Waals surface area contributed by atoms with Crippen LogP contribution in [0.3, 0.4) is 0 Å². The summed E-state index contributed by atoms with van der Waals surface area (Å²) >= 11 is 0. The van der Waals surface area contributed by atoms with Gasteiger partial charge in [0, 0.05) is 12.3 Å². The molecule has 0 unspecified atom stereocenters. The summed E-state index contributed by atoms with van der Waals surface area (Å²) < 4.78 is 4.99. The molecule has 0 saturated carbocycles. The second-order valence-corrected chi connectivity index (χ2v) is 3.43. The number of hydrogen-bond acceptors (Lipinski definition) is 5. The highest BCUT2D eigenvalue weighted by Crippen LogP contribution is 2.16. The first-order valence-corrected chi connectivity index (χ1v) is 5.16. The predicted molar refractivity (Wildman–Crippen MR) is 65.3 cm³/mol. The van der Waals surface area contributed by atoms with Crippen molar-refractivity contribution >= 4 is 17.6 Å². The van der Waals surface area contributed by atoms with E-state index in [0.29, 0.717) is 17.5 Å². The fourth-order valence-electron chi connectivity index (χ4n) is 1.36. The Morgan fingerprint density at radius 3 is 2.89 bits per heavy atom. The predicted octanol–water partition coefficient (Wildman–Crippen LogP) is 1.93. The van der Waals surface area contributed by atoms with E-state index in [2.05, 4.69) is 15.3 Å². The smallest absolute Gasteiger partial charge is 0.335 e. The summed E-state index contributed by atoms with van der Waals surface area (Å²) in [6.45, 7) is 0. The van der Waals surface area contributed by atoms with Crippen LogP contribution >= 0.6 is 0 Å². The molecule has 0 fully saturated rings. The zero-order chi connectivity index (χ0) is 13.0. The van der Waals surface area contributed by atoms with Gasteiger partial charge < -0.3 is 15.2 Å². The molecule has 2 N–H and O–H groups in total. The first-order chi connectivity index (χ1) is 8.69. The molecule has 0 aliphatic heterocycles. The van der Waals surface area contributed by atoms with Crippen LogP contribution in [0.4, 0.5) is 11.6 Å². The van der Waals surface area contributed by atoms with Gasteiger partial charge in [-0.3, -0.25) is 0 Å². The van der Waals surface area contributed by atoms with E-state index in [4.69, 9.17) is 9.84 Å². The second kappa shape index (κ2) is 5.13. The Morgan fingerprint density at radius 2 is 2.17 bits per heavy atom.